The van der Waals surface area contributed by atoms with E-state index in [1.807, 2.05) is 0 Å². The molecule has 8 heteroatoms. The zero-order valence-corrected chi connectivity index (χ0v) is 12.8. The number of nitrogens with one attached hydrogen (secondary N) is 1. The third-order valence-electron chi connectivity index (χ3n) is 2.56. The third-order valence-corrected chi connectivity index (χ3v) is 3.87. The first kappa shape index (κ1) is 14.7. The fourth-order valence-electron chi connectivity index (χ4n) is 1.58. The van der Waals surface area contributed by atoms with Crippen molar-refractivity contribution in [3.8, 4) is 0 Å². The first-order chi connectivity index (χ1) is 9.52. The Labute approximate surface area is 127 Å². The Morgan fingerprint density at radius 1 is 1.60 bits per heavy atom. The smallest absolute Gasteiger partial charge is 0.344 e. The van der Waals surface area contributed by atoms with Crippen LogP contribution in [0.25, 0.3) is 0 Å². The van der Waals surface area contributed by atoms with Crippen LogP contribution in [0.15, 0.2) is 22.7 Å². The topological polar surface area (TPSA) is 77.2 Å². The van der Waals surface area contributed by atoms with Crippen LogP contribution in [0.4, 0.5) is 15.2 Å². The number of nitrogens with zero attached hydrogens (tertiary/aromatic N) is 1. The van der Waals surface area contributed by atoms with Gasteiger partial charge >= 0.3 is 5.97 Å². The molecule has 0 atom stereocenters. The van der Waals surface area contributed by atoms with Crippen LogP contribution in [0.1, 0.15) is 15.9 Å². The number of hydrogen-bond donors (Lipinski definition) is 2. The highest BCUT2D eigenvalue weighted by Gasteiger charge is 2.20. The van der Waals surface area contributed by atoms with E-state index in [9.17, 15) is 9.18 Å². The Kier molecular flexibility index (Phi) is 4.56. The number of methoxy groups -OCH3 is 1. The molecule has 2 aromatic rings. The van der Waals surface area contributed by atoms with Crippen molar-refractivity contribution in [1.29, 1.82) is 0 Å². The average Bonchev–Trinajstić information content (AvgIpc) is 2.80. The Morgan fingerprint density at radius 2 is 2.35 bits per heavy atom. The molecule has 1 aromatic carbocycles. The zero-order chi connectivity index (χ0) is 14.7. The van der Waals surface area contributed by atoms with Gasteiger partial charge in [-0.2, -0.15) is 4.37 Å². The van der Waals surface area contributed by atoms with Gasteiger partial charge in [0.15, 0.2) is 5.82 Å². The van der Waals surface area contributed by atoms with Crippen LogP contribution < -0.4 is 11.1 Å². The fraction of sp³-hybridized carbons (Fsp3) is 0.167. The van der Waals surface area contributed by atoms with E-state index < -0.39 is 5.97 Å². The van der Waals surface area contributed by atoms with E-state index >= 15 is 0 Å². The quantitative estimate of drug-likeness (QED) is 0.820. The fourth-order valence-corrected chi connectivity index (χ4v) is 2.68. The molecule has 1 heterocycles. The average molecular weight is 360 g/mol. The van der Waals surface area contributed by atoms with Gasteiger partial charge in [0.2, 0.25) is 0 Å². The van der Waals surface area contributed by atoms with E-state index in [1.54, 1.807) is 12.1 Å². The van der Waals surface area contributed by atoms with Crippen molar-refractivity contribution in [3.63, 3.8) is 0 Å². The van der Waals surface area contributed by atoms with Gasteiger partial charge in [-0.15, -0.1) is 0 Å². The Bertz CT molecular complexity index is 648. The zero-order valence-electron chi connectivity index (χ0n) is 10.4. The lowest BCUT2D eigenvalue weighted by Gasteiger charge is -2.07. The molecule has 20 heavy (non-hydrogen) atoms. The van der Waals surface area contributed by atoms with Crippen LogP contribution in [0.5, 0.6) is 0 Å². The van der Waals surface area contributed by atoms with Gasteiger partial charge in [-0.25, -0.2) is 9.18 Å². The lowest BCUT2D eigenvalue weighted by atomic mass is 10.2. The van der Waals surface area contributed by atoms with Crippen LogP contribution in [-0.4, -0.2) is 17.5 Å². The SMILES string of the molecule is COC(=O)c1c(N)nsc1NCc1cc(Br)ccc1F. The van der Waals surface area contributed by atoms with Gasteiger partial charge in [0.25, 0.3) is 0 Å². The van der Waals surface area contributed by atoms with Gasteiger partial charge in [0.1, 0.15) is 16.4 Å². The largest absolute Gasteiger partial charge is 0.465 e. The van der Waals surface area contributed by atoms with E-state index in [0.717, 1.165) is 16.0 Å². The molecule has 0 saturated carbocycles. The van der Waals surface area contributed by atoms with Crippen molar-refractivity contribution in [2.24, 2.45) is 0 Å². The molecule has 0 fully saturated rings. The Balaban J connectivity index is 2.19. The van der Waals surface area contributed by atoms with E-state index in [1.165, 1.54) is 13.2 Å². The van der Waals surface area contributed by atoms with E-state index in [2.05, 4.69) is 30.4 Å². The number of esters is 1. The third kappa shape index (κ3) is 3.07. The summed E-state index contributed by atoms with van der Waals surface area (Å²) < 4.78 is 22.9. The maximum atomic E-state index is 13.6. The van der Waals surface area contributed by atoms with Crippen molar-refractivity contribution in [2.45, 2.75) is 6.54 Å². The summed E-state index contributed by atoms with van der Waals surface area (Å²) >= 11 is 4.31. The summed E-state index contributed by atoms with van der Waals surface area (Å²) in [6.07, 6.45) is 0. The number of carbonyl (C=O) groups is 1. The van der Waals surface area contributed by atoms with Crippen LogP contribution in [0, 0.1) is 5.82 Å². The number of aromatic nitrogens is 1. The second-order valence-corrected chi connectivity index (χ2v) is 5.54. The van der Waals surface area contributed by atoms with E-state index in [0.29, 0.717) is 10.6 Å². The highest BCUT2D eigenvalue weighted by atomic mass is 79.9. The van der Waals surface area contributed by atoms with E-state index in [-0.39, 0.29) is 23.7 Å². The molecule has 0 amide bonds. The Hall–Kier alpha value is -1.67. The second kappa shape index (κ2) is 6.19. The number of ether oxygens (including phenoxy) is 1. The molecule has 0 spiro atoms. The molecular formula is C12H11BrFN3O2S. The van der Waals surface area contributed by atoms with Gasteiger partial charge in [0.05, 0.1) is 7.11 Å². The first-order valence-electron chi connectivity index (χ1n) is 5.54. The number of benzene rings is 1. The predicted octanol–water partition coefficient (Wildman–Crippen LogP) is 3.03. The number of carbonyl (C=O) groups excluding carboxylic acids is 1. The van der Waals surface area contributed by atoms with Gasteiger partial charge in [0, 0.05) is 16.6 Å². The molecule has 0 aliphatic heterocycles. The van der Waals surface area contributed by atoms with Crippen molar-refractivity contribution < 1.29 is 13.9 Å². The molecule has 2 rings (SSSR count). The number of rotatable bonds is 4. The summed E-state index contributed by atoms with van der Waals surface area (Å²) in [5.74, 6) is -0.815. The summed E-state index contributed by atoms with van der Waals surface area (Å²) in [5, 5.41) is 3.40. The van der Waals surface area contributed by atoms with Crippen molar-refractivity contribution in [2.75, 3.05) is 18.2 Å². The van der Waals surface area contributed by atoms with Gasteiger partial charge < -0.3 is 15.8 Å². The van der Waals surface area contributed by atoms with Crippen molar-refractivity contribution >= 4 is 44.3 Å². The summed E-state index contributed by atoms with van der Waals surface area (Å²) in [6.45, 7) is 0.205. The first-order valence-corrected chi connectivity index (χ1v) is 7.10. The highest BCUT2D eigenvalue weighted by molar-refractivity contribution is 9.10. The molecule has 3 N–H and O–H groups in total. The highest BCUT2D eigenvalue weighted by Crippen LogP contribution is 2.28. The van der Waals surface area contributed by atoms with Crippen molar-refractivity contribution in [1.82, 2.24) is 4.37 Å². The summed E-state index contributed by atoms with van der Waals surface area (Å²) in [6, 6.07) is 4.64. The molecule has 0 aliphatic rings. The molecule has 106 valence electrons. The van der Waals surface area contributed by atoms with Crippen molar-refractivity contribution in [3.05, 3.63) is 39.6 Å². The van der Waals surface area contributed by atoms with E-state index in [4.69, 9.17) is 5.73 Å². The Morgan fingerprint density at radius 3 is 3.05 bits per heavy atom. The molecule has 0 unspecified atom stereocenters. The minimum Gasteiger partial charge on any atom is -0.465 e. The second-order valence-electron chi connectivity index (χ2n) is 3.85. The standard InChI is InChI=1S/C12H11BrFN3O2S/c1-19-12(18)9-10(15)17-20-11(9)16-5-6-4-7(13)2-3-8(6)14/h2-4,16H,5H2,1H3,(H2,15,17). The minimum absolute atomic E-state index is 0.0964. The van der Waals surface area contributed by atoms with Gasteiger partial charge in [-0.1, -0.05) is 15.9 Å². The number of hydrogen-bond acceptors (Lipinski definition) is 6. The molecule has 0 saturated heterocycles. The number of nitrogen functional groups attached to an aromatic ring is 1. The normalized spacial score (nSPS) is 10.3. The predicted molar refractivity (Wildman–Crippen MR) is 79.3 cm³/mol. The van der Waals surface area contributed by atoms with Crippen LogP contribution in [0.2, 0.25) is 0 Å². The minimum atomic E-state index is -0.575. The number of halogens is 2. The lowest BCUT2D eigenvalue weighted by molar-refractivity contribution is 0.0603. The molecule has 1 aromatic heterocycles. The summed E-state index contributed by atoms with van der Waals surface area (Å²) in [7, 11) is 1.26. The number of nitrogens with two attached hydrogens (primary N) is 1. The number of anilines is 2. The summed E-state index contributed by atoms with van der Waals surface area (Å²) in [4.78, 5) is 11.6. The van der Waals surface area contributed by atoms with Crippen LogP contribution in [-0.2, 0) is 11.3 Å². The van der Waals surface area contributed by atoms with Crippen LogP contribution >= 0.6 is 27.5 Å². The molecule has 0 bridgehead atoms. The lowest BCUT2D eigenvalue weighted by Crippen LogP contribution is -2.08. The molecule has 5 nitrogen and oxygen atoms in total. The van der Waals surface area contributed by atoms with Gasteiger partial charge in [-0.3, -0.25) is 0 Å². The van der Waals surface area contributed by atoms with Gasteiger partial charge in [-0.05, 0) is 29.7 Å². The molecular weight excluding hydrogens is 349 g/mol. The molecule has 0 radical (unpaired) electrons. The summed E-state index contributed by atoms with van der Waals surface area (Å²) in [5.41, 5.74) is 6.25. The molecule has 0 aliphatic carbocycles. The maximum absolute atomic E-state index is 13.6. The van der Waals surface area contributed by atoms with Crippen LogP contribution in [0.3, 0.4) is 0 Å². The maximum Gasteiger partial charge on any atom is 0.344 e. The monoisotopic (exact) mass is 359 g/mol.